The quantitative estimate of drug-likeness (QED) is 0.515. The third-order valence-corrected chi connectivity index (χ3v) is 3.36. The smallest absolute Gasteiger partial charge is 0.337 e. The Morgan fingerprint density at radius 1 is 1.05 bits per heavy atom. The third kappa shape index (κ3) is 7.11. The van der Waals surface area contributed by atoms with Crippen LogP contribution in [-0.4, -0.2) is 32.1 Å². The molecule has 0 unspecified atom stereocenters. The minimum atomic E-state index is -0.368. The van der Waals surface area contributed by atoms with Gasteiger partial charge in [0.25, 0.3) is 0 Å². The van der Waals surface area contributed by atoms with Crippen LogP contribution < -0.4 is 10.6 Å². The fourth-order valence-corrected chi connectivity index (χ4v) is 2.04. The van der Waals surface area contributed by atoms with E-state index in [4.69, 9.17) is 0 Å². The number of benzene rings is 1. The summed E-state index contributed by atoms with van der Waals surface area (Å²) >= 11 is 0. The van der Waals surface area contributed by atoms with Crippen molar-refractivity contribution >= 4 is 17.6 Å². The number of anilines is 1. The van der Waals surface area contributed by atoms with Gasteiger partial charge in [0.1, 0.15) is 0 Å². The molecule has 5 nitrogen and oxygen atoms in total. The van der Waals surface area contributed by atoms with Crippen LogP contribution in [0, 0.1) is 0 Å². The molecule has 0 spiro atoms. The normalized spacial score (nSPS) is 10.1. The van der Waals surface area contributed by atoms with Crippen LogP contribution in [0.4, 0.5) is 5.69 Å². The van der Waals surface area contributed by atoms with Gasteiger partial charge in [-0.3, -0.25) is 4.79 Å². The number of nitrogens with one attached hydrogen (secondary N) is 2. The molecule has 0 saturated carbocycles. The molecule has 0 aromatic heterocycles. The van der Waals surface area contributed by atoms with Crippen LogP contribution in [0.15, 0.2) is 24.3 Å². The Kier molecular flexibility index (Phi) is 8.72. The number of carbonyl (C=O) groups is 2. The highest BCUT2D eigenvalue weighted by molar-refractivity contribution is 5.89. The molecule has 0 aliphatic heterocycles. The van der Waals surface area contributed by atoms with E-state index in [1.54, 1.807) is 24.3 Å². The number of rotatable bonds is 10. The Balaban J connectivity index is 2.19. The van der Waals surface area contributed by atoms with Gasteiger partial charge in [0.05, 0.1) is 19.2 Å². The summed E-state index contributed by atoms with van der Waals surface area (Å²) in [6.07, 6.45) is 5.91. The summed E-state index contributed by atoms with van der Waals surface area (Å²) in [5.41, 5.74) is 1.29. The standard InChI is InChI=1S/C17H26N2O3/c1-3-4-5-6-7-12-18-16(20)13-19-15-10-8-14(9-11-15)17(21)22-2/h8-11,19H,3-7,12-13H2,1-2H3,(H,18,20). The molecule has 1 amide bonds. The first-order chi connectivity index (χ1) is 10.7. The van der Waals surface area contributed by atoms with Gasteiger partial charge in [-0.15, -0.1) is 0 Å². The van der Waals surface area contributed by atoms with Gasteiger partial charge in [-0.25, -0.2) is 4.79 Å². The highest BCUT2D eigenvalue weighted by atomic mass is 16.5. The molecule has 0 bridgehead atoms. The molecule has 0 heterocycles. The van der Waals surface area contributed by atoms with E-state index < -0.39 is 0 Å². The lowest BCUT2D eigenvalue weighted by Gasteiger charge is -2.08. The number of unbranched alkanes of at least 4 members (excludes halogenated alkanes) is 4. The molecule has 0 fully saturated rings. The monoisotopic (exact) mass is 306 g/mol. The van der Waals surface area contributed by atoms with Crippen molar-refractivity contribution in [3.8, 4) is 0 Å². The third-order valence-electron chi connectivity index (χ3n) is 3.36. The summed E-state index contributed by atoms with van der Waals surface area (Å²) < 4.78 is 4.63. The molecule has 1 aromatic rings. The molecule has 0 radical (unpaired) electrons. The van der Waals surface area contributed by atoms with Gasteiger partial charge in [-0.05, 0) is 30.7 Å². The van der Waals surface area contributed by atoms with Crippen molar-refractivity contribution in [2.75, 3.05) is 25.5 Å². The van der Waals surface area contributed by atoms with E-state index in [1.807, 2.05) is 0 Å². The molecular formula is C17H26N2O3. The molecule has 5 heteroatoms. The van der Waals surface area contributed by atoms with Crippen molar-refractivity contribution in [2.24, 2.45) is 0 Å². The van der Waals surface area contributed by atoms with Gasteiger partial charge in [-0.2, -0.15) is 0 Å². The van der Waals surface area contributed by atoms with Crippen LogP contribution in [0.3, 0.4) is 0 Å². The van der Waals surface area contributed by atoms with E-state index in [0.717, 1.165) is 25.1 Å². The number of amides is 1. The molecule has 22 heavy (non-hydrogen) atoms. The maximum absolute atomic E-state index is 11.7. The van der Waals surface area contributed by atoms with Gasteiger partial charge in [0.15, 0.2) is 0 Å². The predicted octanol–water partition coefficient (Wildman–Crippen LogP) is 2.97. The Labute approximate surface area is 132 Å². The second-order valence-corrected chi connectivity index (χ2v) is 5.19. The zero-order valence-corrected chi connectivity index (χ0v) is 13.5. The summed E-state index contributed by atoms with van der Waals surface area (Å²) in [6.45, 7) is 3.14. The van der Waals surface area contributed by atoms with E-state index >= 15 is 0 Å². The number of ether oxygens (including phenoxy) is 1. The Hall–Kier alpha value is -2.04. The second-order valence-electron chi connectivity index (χ2n) is 5.19. The Morgan fingerprint density at radius 2 is 1.73 bits per heavy atom. The minimum absolute atomic E-state index is 0.0208. The molecular weight excluding hydrogens is 280 g/mol. The molecule has 1 aromatic carbocycles. The van der Waals surface area contributed by atoms with E-state index in [2.05, 4.69) is 22.3 Å². The Bertz CT molecular complexity index is 457. The van der Waals surface area contributed by atoms with Gasteiger partial charge >= 0.3 is 5.97 Å². The van der Waals surface area contributed by atoms with Gasteiger partial charge < -0.3 is 15.4 Å². The SMILES string of the molecule is CCCCCCCNC(=O)CNc1ccc(C(=O)OC)cc1. The lowest BCUT2D eigenvalue weighted by molar-refractivity contribution is -0.119. The van der Waals surface area contributed by atoms with Crippen LogP contribution in [0.1, 0.15) is 49.4 Å². The van der Waals surface area contributed by atoms with Crippen molar-refractivity contribution in [1.29, 1.82) is 0 Å². The van der Waals surface area contributed by atoms with Crippen LogP contribution in [0.5, 0.6) is 0 Å². The topological polar surface area (TPSA) is 67.4 Å². The van der Waals surface area contributed by atoms with E-state index in [9.17, 15) is 9.59 Å². The van der Waals surface area contributed by atoms with Gasteiger partial charge in [0.2, 0.25) is 5.91 Å². The first-order valence-electron chi connectivity index (χ1n) is 7.86. The van der Waals surface area contributed by atoms with E-state index in [-0.39, 0.29) is 18.4 Å². The largest absolute Gasteiger partial charge is 0.465 e. The number of methoxy groups -OCH3 is 1. The molecule has 0 aliphatic carbocycles. The predicted molar refractivity (Wildman–Crippen MR) is 88.0 cm³/mol. The van der Waals surface area contributed by atoms with Crippen LogP contribution >= 0.6 is 0 Å². The van der Waals surface area contributed by atoms with Crippen LogP contribution in [-0.2, 0) is 9.53 Å². The molecule has 122 valence electrons. The summed E-state index contributed by atoms with van der Waals surface area (Å²) in [5, 5.41) is 5.92. The van der Waals surface area contributed by atoms with Crippen molar-refractivity contribution in [2.45, 2.75) is 39.0 Å². The summed E-state index contributed by atoms with van der Waals surface area (Å²) in [4.78, 5) is 23.0. The number of esters is 1. The van der Waals surface area contributed by atoms with Crippen LogP contribution in [0.2, 0.25) is 0 Å². The number of hydrogen-bond acceptors (Lipinski definition) is 4. The lowest BCUT2D eigenvalue weighted by Crippen LogP contribution is -2.30. The zero-order valence-electron chi connectivity index (χ0n) is 13.5. The molecule has 2 N–H and O–H groups in total. The van der Waals surface area contributed by atoms with Crippen LogP contribution in [0.25, 0.3) is 0 Å². The highest BCUT2D eigenvalue weighted by Gasteiger charge is 2.05. The molecule has 0 atom stereocenters. The number of hydrogen-bond donors (Lipinski definition) is 2. The minimum Gasteiger partial charge on any atom is -0.465 e. The first kappa shape index (κ1) is 18.0. The average Bonchev–Trinajstić information content (AvgIpc) is 2.56. The fraction of sp³-hybridized carbons (Fsp3) is 0.529. The van der Waals surface area contributed by atoms with Gasteiger partial charge in [-0.1, -0.05) is 32.6 Å². The van der Waals surface area contributed by atoms with E-state index in [1.165, 1.54) is 26.4 Å². The summed E-state index contributed by atoms with van der Waals surface area (Å²) in [6, 6.07) is 6.84. The maximum atomic E-state index is 11.7. The van der Waals surface area contributed by atoms with Crippen molar-refractivity contribution in [3.63, 3.8) is 0 Å². The van der Waals surface area contributed by atoms with E-state index in [0.29, 0.717) is 5.56 Å². The zero-order chi connectivity index (χ0) is 16.2. The number of carbonyl (C=O) groups excluding carboxylic acids is 2. The maximum Gasteiger partial charge on any atom is 0.337 e. The summed E-state index contributed by atoms with van der Waals surface area (Å²) in [7, 11) is 1.35. The van der Waals surface area contributed by atoms with Crippen molar-refractivity contribution in [1.82, 2.24) is 5.32 Å². The Morgan fingerprint density at radius 3 is 2.36 bits per heavy atom. The lowest BCUT2D eigenvalue weighted by atomic mass is 10.1. The van der Waals surface area contributed by atoms with Crippen molar-refractivity contribution in [3.05, 3.63) is 29.8 Å². The van der Waals surface area contributed by atoms with Gasteiger partial charge in [0, 0.05) is 12.2 Å². The highest BCUT2D eigenvalue weighted by Crippen LogP contribution is 2.09. The fourth-order valence-electron chi connectivity index (χ4n) is 2.04. The molecule has 1 rings (SSSR count). The molecule has 0 saturated heterocycles. The second kappa shape index (κ2) is 10.7. The summed E-state index contributed by atoms with van der Waals surface area (Å²) in [5.74, 6) is -0.389. The average molecular weight is 306 g/mol. The first-order valence-corrected chi connectivity index (χ1v) is 7.86. The molecule has 0 aliphatic rings. The van der Waals surface area contributed by atoms with Crippen molar-refractivity contribution < 1.29 is 14.3 Å².